The number of nitrogens with one attached hydrogen (secondary N) is 1. The lowest BCUT2D eigenvalue weighted by atomic mass is 9.85. The molecule has 0 spiro atoms. The Hall–Kier alpha value is -0.340. The zero-order valence-electron chi connectivity index (χ0n) is 9.05. The van der Waals surface area contributed by atoms with Gasteiger partial charge in [-0.1, -0.05) is 6.42 Å². The third-order valence-corrected chi connectivity index (χ3v) is 4.41. The molecule has 0 saturated heterocycles. The van der Waals surface area contributed by atoms with Crippen LogP contribution in [0.25, 0.3) is 0 Å². The quantitative estimate of drug-likeness (QED) is 0.788. The molecule has 78 valence electrons. The largest absolute Gasteiger partial charge is 0.317 e. The number of hydrogen-bond acceptors (Lipinski definition) is 2. The Kier molecular flexibility index (Phi) is 3.24. The highest BCUT2D eigenvalue weighted by Gasteiger charge is 2.22. The van der Waals surface area contributed by atoms with E-state index in [1.54, 1.807) is 4.88 Å². The molecular weight excluding hydrogens is 190 g/mol. The predicted molar refractivity (Wildman–Crippen MR) is 63.1 cm³/mol. The van der Waals surface area contributed by atoms with E-state index in [0.717, 1.165) is 12.0 Å². The highest BCUT2D eigenvalue weighted by atomic mass is 32.1. The maximum Gasteiger partial charge on any atom is 0.00796 e. The molecule has 0 aliphatic heterocycles. The Balaban J connectivity index is 2.04. The summed E-state index contributed by atoms with van der Waals surface area (Å²) in [4.78, 5) is 3.05. The van der Waals surface area contributed by atoms with Crippen molar-refractivity contribution in [3.05, 3.63) is 21.9 Å². The van der Waals surface area contributed by atoms with Gasteiger partial charge in [-0.2, -0.15) is 0 Å². The van der Waals surface area contributed by atoms with Gasteiger partial charge in [-0.25, -0.2) is 0 Å². The van der Waals surface area contributed by atoms with Crippen LogP contribution in [-0.4, -0.2) is 13.1 Å². The van der Waals surface area contributed by atoms with Crippen LogP contribution in [0.15, 0.2) is 12.1 Å². The van der Waals surface area contributed by atoms with Crippen LogP contribution < -0.4 is 5.32 Å². The molecule has 0 amide bonds. The summed E-state index contributed by atoms with van der Waals surface area (Å²) >= 11 is 1.98. The van der Waals surface area contributed by atoms with E-state index in [2.05, 4.69) is 31.4 Å². The monoisotopic (exact) mass is 209 g/mol. The van der Waals surface area contributed by atoms with Gasteiger partial charge in [0, 0.05) is 15.8 Å². The van der Waals surface area contributed by atoms with Gasteiger partial charge in [-0.05, 0) is 51.3 Å². The van der Waals surface area contributed by atoms with E-state index in [1.807, 2.05) is 11.3 Å². The van der Waals surface area contributed by atoms with Gasteiger partial charge in [0.25, 0.3) is 0 Å². The summed E-state index contributed by atoms with van der Waals surface area (Å²) in [6.45, 7) is 2.20. The predicted octanol–water partition coefficient (Wildman–Crippen LogP) is 3.30. The third-order valence-electron chi connectivity index (χ3n) is 3.25. The molecule has 0 aromatic carbocycles. The minimum atomic E-state index is 0.746. The molecule has 1 heterocycles. The summed E-state index contributed by atoms with van der Waals surface area (Å²) in [6, 6.07) is 5.32. The first kappa shape index (κ1) is 10.2. The molecule has 0 radical (unpaired) electrons. The van der Waals surface area contributed by atoms with Gasteiger partial charge in [0.1, 0.15) is 0 Å². The minimum absolute atomic E-state index is 0.746. The summed E-state index contributed by atoms with van der Waals surface area (Å²) in [5, 5.41) is 3.42. The van der Waals surface area contributed by atoms with Crippen LogP contribution in [-0.2, 0) is 0 Å². The molecule has 1 aliphatic carbocycles. The summed E-state index contributed by atoms with van der Waals surface area (Å²) < 4.78 is 0. The van der Waals surface area contributed by atoms with Crippen molar-refractivity contribution in [3.63, 3.8) is 0 Å². The average Bonchev–Trinajstić information content (AvgIpc) is 2.65. The lowest BCUT2D eigenvalue weighted by Gasteiger charge is -2.28. The second kappa shape index (κ2) is 4.45. The van der Waals surface area contributed by atoms with Crippen molar-refractivity contribution in [3.8, 4) is 0 Å². The van der Waals surface area contributed by atoms with Gasteiger partial charge >= 0.3 is 0 Å². The van der Waals surface area contributed by atoms with Crippen LogP contribution in [0.4, 0.5) is 0 Å². The molecule has 1 nitrogen and oxygen atoms in total. The molecule has 2 unspecified atom stereocenters. The van der Waals surface area contributed by atoms with Crippen LogP contribution in [0.1, 0.15) is 41.4 Å². The molecule has 1 saturated carbocycles. The van der Waals surface area contributed by atoms with Gasteiger partial charge in [0.2, 0.25) is 0 Å². The average molecular weight is 209 g/mol. The Morgan fingerprint density at radius 1 is 1.36 bits per heavy atom. The molecule has 1 aromatic heterocycles. The molecule has 2 rings (SSSR count). The Morgan fingerprint density at radius 3 is 2.86 bits per heavy atom. The Morgan fingerprint density at radius 2 is 2.21 bits per heavy atom. The van der Waals surface area contributed by atoms with Crippen molar-refractivity contribution in [2.45, 2.75) is 44.6 Å². The van der Waals surface area contributed by atoms with E-state index in [9.17, 15) is 0 Å². The number of hydrogen-bond donors (Lipinski definition) is 1. The molecule has 0 bridgehead atoms. The maximum absolute atomic E-state index is 3.42. The molecular formula is C12H19NS. The number of rotatable bonds is 2. The minimum Gasteiger partial charge on any atom is -0.317 e. The topological polar surface area (TPSA) is 12.0 Å². The first-order valence-corrected chi connectivity index (χ1v) is 6.35. The van der Waals surface area contributed by atoms with Crippen LogP contribution in [0, 0.1) is 6.92 Å². The standard InChI is InChI=1S/C12H19NS/c1-9-6-7-12(14-9)10-4-3-5-11(8-10)13-2/h6-7,10-11,13H,3-5,8H2,1-2H3. The Labute approximate surface area is 90.5 Å². The molecule has 1 aliphatic rings. The van der Waals surface area contributed by atoms with Crippen molar-refractivity contribution in [2.24, 2.45) is 0 Å². The lowest BCUT2D eigenvalue weighted by molar-refractivity contribution is 0.358. The van der Waals surface area contributed by atoms with Gasteiger partial charge in [0.05, 0.1) is 0 Å². The van der Waals surface area contributed by atoms with E-state index in [4.69, 9.17) is 0 Å². The molecule has 1 N–H and O–H groups in total. The summed E-state index contributed by atoms with van der Waals surface area (Å²) in [5.74, 6) is 0.819. The number of aryl methyl sites for hydroxylation is 1. The van der Waals surface area contributed by atoms with E-state index in [1.165, 1.54) is 30.6 Å². The van der Waals surface area contributed by atoms with Gasteiger partial charge < -0.3 is 5.32 Å². The van der Waals surface area contributed by atoms with Crippen LogP contribution in [0.5, 0.6) is 0 Å². The zero-order chi connectivity index (χ0) is 9.97. The van der Waals surface area contributed by atoms with Gasteiger partial charge in [0.15, 0.2) is 0 Å². The highest BCUT2D eigenvalue weighted by molar-refractivity contribution is 7.12. The summed E-state index contributed by atoms with van der Waals surface area (Å²) in [7, 11) is 2.09. The van der Waals surface area contributed by atoms with E-state index in [-0.39, 0.29) is 0 Å². The van der Waals surface area contributed by atoms with E-state index >= 15 is 0 Å². The van der Waals surface area contributed by atoms with Gasteiger partial charge in [-0.15, -0.1) is 11.3 Å². The molecule has 2 atom stereocenters. The van der Waals surface area contributed by atoms with Crippen molar-refractivity contribution in [1.29, 1.82) is 0 Å². The van der Waals surface area contributed by atoms with E-state index < -0.39 is 0 Å². The first-order chi connectivity index (χ1) is 6.79. The van der Waals surface area contributed by atoms with Gasteiger partial charge in [-0.3, -0.25) is 0 Å². The fourth-order valence-electron chi connectivity index (χ4n) is 2.38. The molecule has 14 heavy (non-hydrogen) atoms. The third kappa shape index (κ3) is 2.18. The smallest absolute Gasteiger partial charge is 0.00796 e. The molecule has 2 heteroatoms. The molecule has 1 fully saturated rings. The van der Waals surface area contributed by atoms with Crippen molar-refractivity contribution >= 4 is 11.3 Å². The lowest BCUT2D eigenvalue weighted by Crippen LogP contribution is -2.30. The van der Waals surface area contributed by atoms with E-state index in [0.29, 0.717) is 0 Å². The summed E-state index contributed by atoms with van der Waals surface area (Å²) in [6.07, 6.45) is 5.46. The fraction of sp³-hybridized carbons (Fsp3) is 0.667. The number of thiophene rings is 1. The van der Waals surface area contributed by atoms with Crippen molar-refractivity contribution in [1.82, 2.24) is 5.32 Å². The highest BCUT2D eigenvalue weighted by Crippen LogP contribution is 2.36. The van der Waals surface area contributed by atoms with Crippen molar-refractivity contribution < 1.29 is 0 Å². The first-order valence-electron chi connectivity index (χ1n) is 5.53. The molecule has 1 aromatic rings. The second-order valence-electron chi connectivity index (χ2n) is 4.30. The van der Waals surface area contributed by atoms with Crippen LogP contribution in [0.3, 0.4) is 0 Å². The van der Waals surface area contributed by atoms with Crippen LogP contribution in [0.2, 0.25) is 0 Å². The summed E-state index contributed by atoms with van der Waals surface area (Å²) in [5.41, 5.74) is 0. The fourth-order valence-corrected chi connectivity index (χ4v) is 3.41. The Bertz CT molecular complexity index is 292. The zero-order valence-corrected chi connectivity index (χ0v) is 9.86. The van der Waals surface area contributed by atoms with Crippen LogP contribution >= 0.6 is 11.3 Å². The maximum atomic E-state index is 3.42. The SMILES string of the molecule is CNC1CCCC(c2ccc(C)s2)C1. The normalized spacial score (nSPS) is 27.9. The second-order valence-corrected chi connectivity index (χ2v) is 5.62. The van der Waals surface area contributed by atoms with Crippen molar-refractivity contribution in [2.75, 3.05) is 7.05 Å².